The van der Waals surface area contributed by atoms with E-state index in [2.05, 4.69) is 60.0 Å². The molecule has 1 aromatic rings. The number of rotatable bonds is 4. The lowest BCUT2D eigenvalue weighted by Crippen LogP contribution is -2.43. The number of fused-ring (bicyclic) bond motifs is 5. The molecule has 1 aromatic carbocycles. The molecule has 0 fully saturated rings. The number of aliphatic hydroxyl groups excluding tert-OH is 1. The molecule has 4 heteroatoms. The molecule has 0 bridgehead atoms. The number of aliphatic imine (C=N–C) groups is 1. The summed E-state index contributed by atoms with van der Waals surface area (Å²) >= 11 is 0. The lowest BCUT2D eigenvalue weighted by atomic mass is 9.69. The summed E-state index contributed by atoms with van der Waals surface area (Å²) in [4.78, 5) is 5.15. The lowest BCUT2D eigenvalue weighted by Gasteiger charge is -2.36. The molecule has 0 aromatic heterocycles. The van der Waals surface area contributed by atoms with Crippen molar-refractivity contribution in [2.45, 2.75) is 38.0 Å². The van der Waals surface area contributed by atoms with Gasteiger partial charge in [0, 0.05) is 23.8 Å². The maximum absolute atomic E-state index is 10.6. The van der Waals surface area contributed by atoms with Crippen LogP contribution in [-0.4, -0.2) is 29.7 Å². The smallest absolute Gasteiger partial charge is 0.190 e. The molecule has 1 heterocycles. The van der Waals surface area contributed by atoms with Gasteiger partial charge in [0.05, 0.1) is 18.4 Å². The monoisotopic (exact) mass is 450 g/mol. The lowest BCUT2D eigenvalue weighted by molar-refractivity contribution is 0.136. The van der Waals surface area contributed by atoms with Crippen molar-refractivity contribution >= 4 is 17.9 Å². The first kappa shape index (κ1) is 21.2. The van der Waals surface area contributed by atoms with Crippen molar-refractivity contribution in [1.82, 2.24) is 5.32 Å². The standard InChI is InChI=1S/C30H30N2O2/c1-2-34-29-18-27(31-30(32-29)24-13-7-8-14-28(24)33)26-17-25-20-10-4-3-9-19(20)15-16-23(25)21-11-5-6-12-22(21)26/h3,5-9,11-18,21-22,24,28,30,32-33H,2,4,10H2,1H3. The van der Waals surface area contributed by atoms with Crippen LogP contribution in [0.15, 0.2) is 89.3 Å². The number of hydrogen-bond donors (Lipinski definition) is 2. The Morgan fingerprint density at radius 3 is 2.71 bits per heavy atom. The van der Waals surface area contributed by atoms with E-state index >= 15 is 0 Å². The van der Waals surface area contributed by atoms with E-state index in [0.717, 1.165) is 18.6 Å². The molecule has 5 unspecified atom stereocenters. The van der Waals surface area contributed by atoms with E-state index in [0.29, 0.717) is 18.4 Å². The third-order valence-electron chi connectivity index (χ3n) is 7.38. The van der Waals surface area contributed by atoms with Crippen molar-refractivity contribution in [2.75, 3.05) is 6.61 Å². The second-order valence-corrected chi connectivity index (χ2v) is 9.38. The van der Waals surface area contributed by atoms with Crippen LogP contribution in [0.3, 0.4) is 0 Å². The van der Waals surface area contributed by atoms with Gasteiger partial charge in [-0.3, -0.25) is 4.99 Å². The zero-order valence-corrected chi connectivity index (χ0v) is 19.4. The van der Waals surface area contributed by atoms with Gasteiger partial charge in [-0.05, 0) is 53.7 Å². The number of allylic oxidation sites excluding steroid dienone is 9. The van der Waals surface area contributed by atoms with Crippen molar-refractivity contribution < 1.29 is 9.84 Å². The molecule has 4 aliphatic carbocycles. The van der Waals surface area contributed by atoms with Crippen molar-refractivity contribution in [1.29, 1.82) is 0 Å². The van der Waals surface area contributed by atoms with Gasteiger partial charge in [0.15, 0.2) is 5.88 Å². The normalized spacial score (nSPS) is 30.4. The second-order valence-electron chi connectivity index (χ2n) is 9.38. The van der Waals surface area contributed by atoms with E-state index in [1.165, 1.54) is 27.8 Å². The Hall–Kier alpha value is -3.37. The van der Waals surface area contributed by atoms with Gasteiger partial charge in [-0.2, -0.15) is 0 Å². The summed E-state index contributed by atoms with van der Waals surface area (Å²) in [6.07, 6.45) is 26.8. The molecule has 172 valence electrons. The Kier molecular flexibility index (Phi) is 5.46. The third-order valence-corrected chi connectivity index (χ3v) is 7.38. The average Bonchev–Trinajstić information content (AvgIpc) is 2.88. The highest BCUT2D eigenvalue weighted by atomic mass is 16.5. The van der Waals surface area contributed by atoms with Crippen molar-refractivity contribution in [3.05, 3.63) is 107 Å². The fraction of sp³-hybridized carbons (Fsp3) is 0.300. The van der Waals surface area contributed by atoms with Crippen molar-refractivity contribution in [3.63, 3.8) is 0 Å². The summed E-state index contributed by atoms with van der Waals surface area (Å²) in [7, 11) is 0. The Morgan fingerprint density at radius 2 is 1.85 bits per heavy atom. The average molecular weight is 451 g/mol. The number of hydrogen-bond acceptors (Lipinski definition) is 4. The zero-order chi connectivity index (χ0) is 23.1. The van der Waals surface area contributed by atoms with E-state index in [1.807, 2.05) is 37.3 Å². The van der Waals surface area contributed by atoms with Gasteiger partial charge < -0.3 is 15.2 Å². The van der Waals surface area contributed by atoms with Gasteiger partial charge in [0.2, 0.25) is 0 Å². The summed E-state index contributed by atoms with van der Waals surface area (Å²) < 4.78 is 5.93. The highest BCUT2D eigenvalue weighted by Gasteiger charge is 2.36. The van der Waals surface area contributed by atoms with Gasteiger partial charge in [0.25, 0.3) is 0 Å². The fourth-order valence-corrected chi connectivity index (χ4v) is 5.75. The number of nitrogens with zero attached hydrogens (tertiary/aromatic N) is 1. The molecule has 0 amide bonds. The highest BCUT2D eigenvalue weighted by molar-refractivity contribution is 6.13. The summed E-state index contributed by atoms with van der Waals surface area (Å²) in [6, 6.07) is 4.59. The van der Waals surface area contributed by atoms with Crippen LogP contribution in [0.4, 0.5) is 0 Å². The zero-order valence-electron chi connectivity index (χ0n) is 19.4. The van der Waals surface area contributed by atoms with E-state index in [9.17, 15) is 5.11 Å². The van der Waals surface area contributed by atoms with Crippen LogP contribution in [0.1, 0.15) is 41.5 Å². The van der Waals surface area contributed by atoms with Crippen LogP contribution in [0.25, 0.3) is 12.2 Å². The van der Waals surface area contributed by atoms with Crippen LogP contribution in [-0.2, 0) is 11.2 Å². The first-order valence-corrected chi connectivity index (χ1v) is 12.3. The van der Waals surface area contributed by atoms with Gasteiger partial charge in [-0.15, -0.1) is 0 Å². The van der Waals surface area contributed by atoms with Gasteiger partial charge in [-0.25, -0.2) is 0 Å². The molecular formula is C30H30N2O2. The quantitative estimate of drug-likeness (QED) is 0.661. The molecule has 4 nitrogen and oxygen atoms in total. The van der Waals surface area contributed by atoms with E-state index < -0.39 is 6.10 Å². The molecule has 0 saturated heterocycles. The van der Waals surface area contributed by atoms with E-state index in [1.54, 1.807) is 0 Å². The molecular weight excluding hydrogens is 420 g/mol. The van der Waals surface area contributed by atoms with E-state index in [-0.39, 0.29) is 18.0 Å². The number of aliphatic hydroxyl groups is 1. The number of ether oxygens (including phenoxy) is 1. The second kappa shape index (κ2) is 8.77. The Labute approximate surface area is 201 Å². The Bertz CT molecular complexity index is 1240. The Morgan fingerprint density at radius 1 is 1.03 bits per heavy atom. The molecule has 0 spiro atoms. The molecule has 0 saturated carbocycles. The molecule has 1 aliphatic heterocycles. The minimum Gasteiger partial charge on any atom is -0.479 e. The number of benzene rings is 1. The largest absolute Gasteiger partial charge is 0.479 e. The van der Waals surface area contributed by atoms with Crippen molar-refractivity contribution in [2.24, 2.45) is 16.8 Å². The summed E-state index contributed by atoms with van der Waals surface area (Å²) in [6.45, 7) is 2.56. The van der Waals surface area contributed by atoms with Crippen LogP contribution in [0.2, 0.25) is 0 Å². The fourth-order valence-electron chi connectivity index (χ4n) is 5.75. The maximum Gasteiger partial charge on any atom is 0.190 e. The summed E-state index contributed by atoms with van der Waals surface area (Å²) in [5, 5.41) is 14.0. The minimum absolute atomic E-state index is 0.156. The first-order valence-electron chi connectivity index (χ1n) is 12.3. The maximum atomic E-state index is 10.6. The Balaban J connectivity index is 1.48. The number of nitrogens with one attached hydrogen (secondary N) is 1. The molecule has 2 N–H and O–H groups in total. The first-order chi connectivity index (χ1) is 16.7. The topological polar surface area (TPSA) is 53.9 Å². The van der Waals surface area contributed by atoms with Gasteiger partial charge in [-0.1, -0.05) is 72.9 Å². The summed E-state index contributed by atoms with van der Waals surface area (Å²) in [5.74, 6) is 1.07. The minimum atomic E-state index is -0.585. The molecule has 5 atom stereocenters. The summed E-state index contributed by atoms with van der Waals surface area (Å²) in [5.41, 5.74) is 7.67. The van der Waals surface area contributed by atoms with Gasteiger partial charge >= 0.3 is 0 Å². The predicted octanol–water partition coefficient (Wildman–Crippen LogP) is 5.22. The van der Waals surface area contributed by atoms with Crippen LogP contribution >= 0.6 is 0 Å². The SMILES string of the molecule is CCOC1=CC(C2=Cc3c(ccc4c3CCC=C4)C3C=CC=CC23)=NC(C2C=CC=CC2O)N1. The van der Waals surface area contributed by atoms with Crippen LogP contribution in [0.5, 0.6) is 0 Å². The third kappa shape index (κ3) is 3.63. The highest BCUT2D eigenvalue weighted by Crippen LogP contribution is 2.45. The van der Waals surface area contributed by atoms with E-state index in [4.69, 9.17) is 9.73 Å². The van der Waals surface area contributed by atoms with Gasteiger partial charge in [0.1, 0.15) is 6.17 Å². The van der Waals surface area contributed by atoms with Crippen LogP contribution in [0, 0.1) is 11.8 Å². The molecule has 0 radical (unpaired) electrons. The predicted molar refractivity (Wildman–Crippen MR) is 138 cm³/mol. The van der Waals surface area contributed by atoms with Crippen molar-refractivity contribution in [3.8, 4) is 0 Å². The molecule has 34 heavy (non-hydrogen) atoms. The molecule has 6 rings (SSSR count). The van der Waals surface area contributed by atoms with Crippen LogP contribution < -0.4 is 5.32 Å². The molecule has 5 aliphatic rings.